The number of hydrogen-bond acceptors (Lipinski definition) is 2. The minimum atomic E-state index is -1.47. The van der Waals surface area contributed by atoms with Crippen molar-refractivity contribution in [1.82, 2.24) is 5.32 Å². The van der Waals surface area contributed by atoms with Crippen molar-refractivity contribution < 1.29 is 4.43 Å². The highest BCUT2D eigenvalue weighted by atomic mass is 28.4. The van der Waals surface area contributed by atoms with Gasteiger partial charge < -0.3 is 9.74 Å². The van der Waals surface area contributed by atoms with Crippen LogP contribution >= 0.6 is 0 Å². The normalized spacial score (nSPS) is 16.4. The lowest BCUT2D eigenvalue weighted by molar-refractivity contribution is 0.556. The summed E-state index contributed by atoms with van der Waals surface area (Å²) in [4.78, 5) is 0. The van der Waals surface area contributed by atoms with Crippen molar-refractivity contribution in [2.24, 2.45) is 0 Å². The molecule has 1 heterocycles. The van der Waals surface area contributed by atoms with Crippen LogP contribution in [0, 0.1) is 0 Å². The van der Waals surface area contributed by atoms with Crippen molar-refractivity contribution in [3.05, 3.63) is 29.3 Å². The molecule has 0 spiro atoms. The second-order valence-electron chi connectivity index (χ2n) is 5.39. The largest absolute Gasteiger partial charge is 0.544 e. The van der Waals surface area contributed by atoms with Gasteiger partial charge in [0.05, 0.1) is 0 Å². The first-order chi connectivity index (χ1) is 7.54. The highest BCUT2D eigenvalue weighted by Gasteiger charge is 2.17. The van der Waals surface area contributed by atoms with Crippen LogP contribution in [-0.2, 0) is 12.8 Å². The van der Waals surface area contributed by atoms with Crippen LogP contribution in [0.1, 0.15) is 11.1 Å². The standard InChI is InChI=1S/C13H21NOSi/c1-16(2,3)15-13-5-4-11-6-8-14-9-7-12(11)10-13/h4-5,10,14H,6-9H2,1-3H3. The van der Waals surface area contributed by atoms with Crippen LogP contribution in [0.5, 0.6) is 5.75 Å². The Bertz CT molecular complexity index is 371. The van der Waals surface area contributed by atoms with Gasteiger partial charge in [-0.25, -0.2) is 0 Å². The molecule has 0 bridgehead atoms. The fourth-order valence-corrected chi connectivity index (χ4v) is 2.90. The van der Waals surface area contributed by atoms with E-state index in [2.05, 4.69) is 43.2 Å². The van der Waals surface area contributed by atoms with E-state index < -0.39 is 8.32 Å². The maximum absolute atomic E-state index is 6.03. The van der Waals surface area contributed by atoms with E-state index in [9.17, 15) is 0 Å². The predicted molar refractivity (Wildman–Crippen MR) is 70.7 cm³/mol. The van der Waals surface area contributed by atoms with Crippen LogP contribution in [-0.4, -0.2) is 21.4 Å². The van der Waals surface area contributed by atoms with Gasteiger partial charge in [0.2, 0.25) is 8.32 Å². The van der Waals surface area contributed by atoms with Crippen molar-refractivity contribution in [3.63, 3.8) is 0 Å². The fraction of sp³-hybridized carbons (Fsp3) is 0.538. The van der Waals surface area contributed by atoms with Gasteiger partial charge in [0.1, 0.15) is 5.75 Å². The summed E-state index contributed by atoms with van der Waals surface area (Å²) in [5.41, 5.74) is 2.94. The molecule has 0 radical (unpaired) electrons. The number of fused-ring (bicyclic) bond motifs is 1. The Morgan fingerprint density at radius 1 is 1.06 bits per heavy atom. The molecular formula is C13H21NOSi. The quantitative estimate of drug-likeness (QED) is 0.796. The predicted octanol–water partition coefficient (Wildman–Crippen LogP) is 2.59. The smallest absolute Gasteiger partial charge is 0.242 e. The number of nitrogens with one attached hydrogen (secondary N) is 1. The van der Waals surface area contributed by atoms with E-state index in [-0.39, 0.29) is 0 Å². The third-order valence-electron chi connectivity index (χ3n) is 2.74. The number of benzene rings is 1. The summed E-state index contributed by atoms with van der Waals surface area (Å²) in [6.45, 7) is 8.85. The molecule has 2 nitrogen and oxygen atoms in total. The van der Waals surface area contributed by atoms with Crippen LogP contribution in [0.25, 0.3) is 0 Å². The average molecular weight is 235 g/mol. The first kappa shape index (κ1) is 11.7. The molecule has 1 N–H and O–H groups in total. The molecule has 1 aromatic carbocycles. The van der Waals surface area contributed by atoms with Gasteiger partial charge >= 0.3 is 0 Å². The van der Waals surface area contributed by atoms with E-state index in [1.807, 2.05) is 0 Å². The molecule has 0 saturated heterocycles. The Labute approximate surface area is 99.1 Å². The third kappa shape index (κ3) is 3.09. The van der Waals surface area contributed by atoms with Crippen molar-refractivity contribution in [2.75, 3.05) is 13.1 Å². The molecular weight excluding hydrogens is 214 g/mol. The molecule has 0 atom stereocenters. The van der Waals surface area contributed by atoms with E-state index in [1.165, 1.54) is 11.1 Å². The summed E-state index contributed by atoms with van der Waals surface area (Å²) in [5, 5.41) is 3.43. The Morgan fingerprint density at radius 3 is 2.44 bits per heavy atom. The second-order valence-corrected chi connectivity index (χ2v) is 9.82. The zero-order chi connectivity index (χ0) is 11.6. The molecule has 16 heavy (non-hydrogen) atoms. The SMILES string of the molecule is C[Si](C)(C)Oc1ccc2c(c1)CCNCC2. The monoisotopic (exact) mass is 235 g/mol. The first-order valence-electron chi connectivity index (χ1n) is 6.06. The summed E-state index contributed by atoms with van der Waals surface area (Å²) >= 11 is 0. The van der Waals surface area contributed by atoms with E-state index in [0.717, 1.165) is 31.7 Å². The molecule has 88 valence electrons. The van der Waals surface area contributed by atoms with Crippen molar-refractivity contribution in [1.29, 1.82) is 0 Å². The van der Waals surface area contributed by atoms with Crippen molar-refractivity contribution >= 4 is 8.32 Å². The molecule has 0 unspecified atom stereocenters. The lowest BCUT2D eigenvalue weighted by atomic mass is 10.0. The van der Waals surface area contributed by atoms with E-state index >= 15 is 0 Å². The molecule has 0 amide bonds. The molecule has 1 aliphatic heterocycles. The Hall–Kier alpha value is -0.803. The Morgan fingerprint density at radius 2 is 1.75 bits per heavy atom. The molecule has 1 aliphatic rings. The molecule has 0 aromatic heterocycles. The van der Waals surface area contributed by atoms with Gasteiger partial charge in [-0.2, -0.15) is 0 Å². The Kier molecular flexibility index (Phi) is 3.35. The zero-order valence-corrected chi connectivity index (χ0v) is 11.5. The van der Waals surface area contributed by atoms with Crippen LogP contribution in [0.3, 0.4) is 0 Å². The highest BCUT2D eigenvalue weighted by Crippen LogP contribution is 2.22. The highest BCUT2D eigenvalue weighted by molar-refractivity contribution is 6.70. The lowest BCUT2D eigenvalue weighted by Gasteiger charge is -2.20. The molecule has 3 heteroatoms. The summed E-state index contributed by atoms with van der Waals surface area (Å²) in [6, 6.07) is 6.60. The maximum Gasteiger partial charge on any atom is 0.242 e. The van der Waals surface area contributed by atoms with Crippen LogP contribution in [0.2, 0.25) is 19.6 Å². The van der Waals surface area contributed by atoms with Crippen LogP contribution < -0.4 is 9.74 Å². The lowest BCUT2D eigenvalue weighted by Crippen LogP contribution is -2.29. The summed E-state index contributed by atoms with van der Waals surface area (Å²) in [6.07, 6.45) is 2.26. The van der Waals surface area contributed by atoms with Crippen LogP contribution in [0.4, 0.5) is 0 Å². The minimum absolute atomic E-state index is 1.06. The third-order valence-corrected chi connectivity index (χ3v) is 3.59. The van der Waals surface area contributed by atoms with E-state index in [4.69, 9.17) is 4.43 Å². The first-order valence-corrected chi connectivity index (χ1v) is 9.47. The molecule has 2 rings (SSSR count). The molecule has 0 aliphatic carbocycles. The zero-order valence-electron chi connectivity index (χ0n) is 10.5. The summed E-state index contributed by atoms with van der Waals surface area (Å²) < 4.78 is 6.03. The average Bonchev–Trinajstić information content (AvgIpc) is 2.39. The van der Waals surface area contributed by atoms with Gasteiger partial charge in [-0.1, -0.05) is 6.07 Å². The van der Waals surface area contributed by atoms with Crippen molar-refractivity contribution in [3.8, 4) is 5.75 Å². The van der Waals surface area contributed by atoms with Gasteiger partial charge in [-0.05, 0) is 68.8 Å². The Balaban J connectivity index is 2.21. The van der Waals surface area contributed by atoms with Gasteiger partial charge in [0, 0.05) is 0 Å². The maximum atomic E-state index is 6.03. The topological polar surface area (TPSA) is 21.3 Å². The fourth-order valence-electron chi connectivity index (χ4n) is 2.07. The molecule has 0 saturated carbocycles. The number of hydrogen-bond donors (Lipinski definition) is 1. The molecule has 0 fully saturated rings. The second kappa shape index (κ2) is 4.59. The van der Waals surface area contributed by atoms with E-state index in [1.54, 1.807) is 0 Å². The van der Waals surface area contributed by atoms with Crippen LogP contribution in [0.15, 0.2) is 18.2 Å². The minimum Gasteiger partial charge on any atom is -0.544 e. The summed E-state index contributed by atoms with van der Waals surface area (Å²) in [7, 11) is -1.47. The molecule has 1 aromatic rings. The van der Waals surface area contributed by atoms with E-state index in [0.29, 0.717) is 0 Å². The number of rotatable bonds is 2. The van der Waals surface area contributed by atoms with Gasteiger partial charge in [0.15, 0.2) is 0 Å². The summed E-state index contributed by atoms with van der Waals surface area (Å²) in [5.74, 6) is 1.06. The van der Waals surface area contributed by atoms with Crippen molar-refractivity contribution in [2.45, 2.75) is 32.5 Å². The van der Waals surface area contributed by atoms with Gasteiger partial charge in [-0.15, -0.1) is 0 Å². The van der Waals surface area contributed by atoms with Gasteiger partial charge in [-0.3, -0.25) is 0 Å². The van der Waals surface area contributed by atoms with Gasteiger partial charge in [0.25, 0.3) is 0 Å².